The minimum absolute atomic E-state index is 0.162. The fourth-order valence-corrected chi connectivity index (χ4v) is 2.68. The number of aromatic nitrogens is 4. The van der Waals surface area contributed by atoms with Crippen LogP contribution in [0.1, 0.15) is 24.6 Å². The number of hydrogen-bond acceptors (Lipinski definition) is 5. The first-order valence-corrected chi connectivity index (χ1v) is 7.90. The van der Waals surface area contributed by atoms with Crippen molar-refractivity contribution in [2.75, 3.05) is 6.26 Å². The molecular formula is C14H14F2N4OS. The summed E-state index contributed by atoms with van der Waals surface area (Å²) in [6, 6.07) is 1.37. The molecule has 1 unspecified atom stereocenters. The topological polar surface area (TPSA) is 63.3 Å². The number of halogens is 2. The van der Waals surface area contributed by atoms with Crippen molar-refractivity contribution in [1.29, 1.82) is 0 Å². The summed E-state index contributed by atoms with van der Waals surface area (Å²) in [5.41, 5.74) is 1.09. The van der Waals surface area contributed by atoms with Crippen molar-refractivity contribution in [3.63, 3.8) is 0 Å². The zero-order valence-corrected chi connectivity index (χ0v) is 12.8. The minimum atomic E-state index is -2.64. The van der Waals surface area contributed by atoms with Crippen LogP contribution in [0.5, 0.6) is 0 Å². The largest absolute Gasteiger partial charge is 0.393 e. The third-order valence-electron chi connectivity index (χ3n) is 3.25. The molecule has 8 heteroatoms. The maximum atomic E-state index is 13.3. The quantitative estimate of drug-likeness (QED) is 0.590. The summed E-state index contributed by atoms with van der Waals surface area (Å²) in [7, 11) is 0. The molecule has 0 amide bonds. The van der Waals surface area contributed by atoms with Crippen molar-refractivity contribution in [3.05, 3.63) is 29.7 Å². The van der Waals surface area contributed by atoms with Crippen LogP contribution in [0.25, 0.3) is 16.7 Å². The summed E-state index contributed by atoms with van der Waals surface area (Å²) < 4.78 is 28.1. The summed E-state index contributed by atoms with van der Waals surface area (Å²) in [4.78, 5) is 12.7. The maximum Gasteiger partial charge on any atom is 0.267 e. The van der Waals surface area contributed by atoms with E-state index in [1.807, 2.05) is 6.26 Å². The van der Waals surface area contributed by atoms with Gasteiger partial charge in [-0.25, -0.2) is 23.7 Å². The molecule has 0 aliphatic rings. The maximum absolute atomic E-state index is 13.3. The molecule has 0 fully saturated rings. The van der Waals surface area contributed by atoms with E-state index in [0.29, 0.717) is 28.3 Å². The van der Waals surface area contributed by atoms with Crippen molar-refractivity contribution >= 4 is 28.4 Å². The molecule has 0 saturated carbocycles. The summed E-state index contributed by atoms with van der Waals surface area (Å²) >= 11 is 1.38. The molecular weight excluding hydrogens is 310 g/mol. The number of pyridine rings is 1. The van der Waals surface area contributed by atoms with Crippen LogP contribution in [0.15, 0.2) is 23.6 Å². The average molecular weight is 324 g/mol. The van der Waals surface area contributed by atoms with E-state index < -0.39 is 12.5 Å². The van der Waals surface area contributed by atoms with Crippen molar-refractivity contribution in [3.8, 4) is 0 Å². The third-order valence-corrected chi connectivity index (χ3v) is 3.81. The van der Waals surface area contributed by atoms with Gasteiger partial charge in [0.2, 0.25) is 0 Å². The first-order chi connectivity index (χ1) is 10.5. The van der Waals surface area contributed by atoms with E-state index in [0.717, 1.165) is 0 Å². The lowest BCUT2D eigenvalue weighted by Crippen LogP contribution is -2.04. The highest BCUT2D eigenvalue weighted by molar-refractivity contribution is 7.98. The number of hydrogen-bond donors (Lipinski definition) is 1. The van der Waals surface area contributed by atoms with E-state index in [-0.39, 0.29) is 11.2 Å². The van der Waals surface area contributed by atoms with E-state index in [9.17, 15) is 13.9 Å². The van der Waals surface area contributed by atoms with E-state index in [1.165, 1.54) is 24.0 Å². The third kappa shape index (κ3) is 2.64. The lowest BCUT2D eigenvalue weighted by Gasteiger charge is -2.07. The van der Waals surface area contributed by atoms with Gasteiger partial charge in [0.25, 0.3) is 6.43 Å². The number of aliphatic hydroxyl groups is 1. The lowest BCUT2D eigenvalue weighted by atomic mass is 10.2. The predicted molar refractivity (Wildman–Crippen MR) is 80.4 cm³/mol. The summed E-state index contributed by atoms with van der Waals surface area (Å²) in [5, 5.41) is 10.6. The van der Waals surface area contributed by atoms with Gasteiger partial charge in [0.05, 0.1) is 17.4 Å². The number of nitrogens with zero attached hydrogens (tertiary/aromatic N) is 4. The van der Waals surface area contributed by atoms with Gasteiger partial charge in [-0.3, -0.25) is 4.40 Å². The van der Waals surface area contributed by atoms with Crippen LogP contribution >= 0.6 is 11.8 Å². The zero-order valence-electron chi connectivity index (χ0n) is 12.0. The van der Waals surface area contributed by atoms with E-state index in [2.05, 4.69) is 15.0 Å². The van der Waals surface area contributed by atoms with E-state index >= 15 is 0 Å². The molecule has 1 N–H and O–H groups in total. The molecule has 5 nitrogen and oxygen atoms in total. The van der Waals surface area contributed by atoms with Gasteiger partial charge in [-0.05, 0) is 19.2 Å². The molecule has 116 valence electrons. The zero-order chi connectivity index (χ0) is 15.9. The highest BCUT2D eigenvalue weighted by Crippen LogP contribution is 2.28. The Kier molecular flexibility index (Phi) is 3.96. The predicted octanol–water partition coefficient (Wildman–Crippen LogP) is 2.86. The van der Waals surface area contributed by atoms with E-state index in [4.69, 9.17) is 0 Å². The Morgan fingerprint density at radius 1 is 1.32 bits per heavy atom. The molecule has 0 spiro atoms. The Labute approximate surface area is 129 Å². The molecule has 1 atom stereocenters. The molecule has 3 aromatic heterocycles. The van der Waals surface area contributed by atoms with Gasteiger partial charge >= 0.3 is 0 Å². The van der Waals surface area contributed by atoms with Crippen LogP contribution in [0.3, 0.4) is 0 Å². The van der Waals surface area contributed by atoms with Gasteiger partial charge in [-0.2, -0.15) is 0 Å². The van der Waals surface area contributed by atoms with Gasteiger partial charge in [0.1, 0.15) is 11.3 Å². The van der Waals surface area contributed by atoms with Gasteiger partial charge in [-0.1, -0.05) is 11.8 Å². The molecule has 3 aromatic rings. The number of fused-ring (bicyclic) bond motifs is 3. The van der Waals surface area contributed by atoms with Crippen LogP contribution < -0.4 is 0 Å². The second kappa shape index (κ2) is 5.77. The van der Waals surface area contributed by atoms with Crippen LogP contribution in [-0.4, -0.2) is 36.8 Å². The first-order valence-electron chi connectivity index (χ1n) is 6.67. The average Bonchev–Trinajstić information content (AvgIpc) is 2.88. The summed E-state index contributed by atoms with van der Waals surface area (Å²) in [6.45, 7) is 1.63. The smallest absolute Gasteiger partial charge is 0.267 e. The van der Waals surface area contributed by atoms with E-state index in [1.54, 1.807) is 17.5 Å². The van der Waals surface area contributed by atoms with Crippen LogP contribution in [0.2, 0.25) is 0 Å². The Bertz CT molecular complexity index is 834. The number of imidazole rings is 1. The van der Waals surface area contributed by atoms with Gasteiger partial charge in [0.15, 0.2) is 5.16 Å². The Balaban J connectivity index is 2.32. The van der Waals surface area contributed by atoms with Crippen molar-refractivity contribution in [1.82, 2.24) is 19.4 Å². The second-order valence-electron chi connectivity index (χ2n) is 5.02. The second-order valence-corrected chi connectivity index (χ2v) is 5.79. The molecule has 0 aliphatic heterocycles. The Morgan fingerprint density at radius 2 is 2.09 bits per heavy atom. The minimum Gasteiger partial charge on any atom is -0.393 e. The number of aliphatic hydroxyl groups excluding tert-OH is 1. The molecule has 3 heterocycles. The molecule has 0 radical (unpaired) electrons. The van der Waals surface area contributed by atoms with Gasteiger partial charge < -0.3 is 5.11 Å². The van der Waals surface area contributed by atoms with Crippen LogP contribution in [-0.2, 0) is 6.42 Å². The molecule has 0 aromatic carbocycles. The fourth-order valence-electron chi connectivity index (χ4n) is 2.35. The lowest BCUT2D eigenvalue weighted by molar-refractivity contribution is 0.152. The molecule has 3 rings (SSSR count). The molecule has 0 bridgehead atoms. The highest BCUT2D eigenvalue weighted by Gasteiger charge is 2.19. The van der Waals surface area contributed by atoms with Gasteiger partial charge in [0, 0.05) is 24.2 Å². The fraction of sp³-hybridized carbons (Fsp3) is 0.357. The van der Waals surface area contributed by atoms with Gasteiger partial charge in [-0.15, -0.1) is 0 Å². The van der Waals surface area contributed by atoms with Crippen LogP contribution in [0.4, 0.5) is 8.78 Å². The van der Waals surface area contributed by atoms with Crippen molar-refractivity contribution < 1.29 is 13.9 Å². The number of thioether (sulfide) groups is 1. The number of rotatable bonds is 4. The first kappa shape index (κ1) is 15.1. The molecule has 0 aliphatic carbocycles. The highest BCUT2D eigenvalue weighted by atomic mass is 32.2. The SMILES string of the molecule is CSc1ncc2cc(C(F)F)c3nc(CC(C)O)cn3c2n1. The summed E-state index contributed by atoms with van der Waals surface area (Å²) in [6.07, 6.45) is 2.09. The van der Waals surface area contributed by atoms with Crippen molar-refractivity contribution in [2.24, 2.45) is 0 Å². The van der Waals surface area contributed by atoms with Crippen molar-refractivity contribution in [2.45, 2.75) is 31.0 Å². The Morgan fingerprint density at radius 3 is 2.73 bits per heavy atom. The standard InChI is InChI=1S/C14H14F2N4OS/c1-7(21)3-9-6-20-12-8(5-17-14(19-12)22-2)4-10(11(15)16)13(20)18-9/h4-7,11,21H,3H2,1-2H3. The monoisotopic (exact) mass is 324 g/mol. The molecule has 22 heavy (non-hydrogen) atoms. The Hall–Kier alpha value is -1.80. The normalized spacial score (nSPS) is 13.4. The number of alkyl halides is 2. The summed E-state index contributed by atoms with van der Waals surface area (Å²) in [5.74, 6) is 0. The van der Waals surface area contributed by atoms with Crippen LogP contribution in [0, 0.1) is 0 Å². The molecule has 0 saturated heterocycles.